The molecule has 0 heterocycles. The van der Waals surface area contributed by atoms with Crippen molar-refractivity contribution in [2.24, 2.45) is 17.8 Å². The molecule has 0 bridgehead atoms. The van der Waals surface area contributed by atoms with E-state index in [2.05, 4.69) is 96.2 Å². The molecule has 0 N–H and O–H groups in total. The van der Waals surface area contributed by atoms with E-state index in [-0.39, 0.29) is 41.3 Å². The first-order valence-corrected chi connectivity index (χ1v) is 9.23. The summed E-state index contributed by atoms with van der Waals surface area (Å²) in [6, 6.07) is 0. The van der Waals surface area contributed by atoms with Gasteiger partial charge in [-0.2, -0.15) is 18.2 Å². The van der Waals surface area contributed by atoms with Gasteiger partial charge >= 0.3 is 41.3 Å². The summed E-state index contributed by atoms with van der Waals surface area (Å²) in [5, 5.41) is 0. The molecule has 3 rings (SSSR count). The first-order chi connectivity index (χ1) is 11.4. The molecule has 3 aliphatic rings. The molecule has 0 saturated heterocycles. The van der Waals surface area contributed by atoms with E-state index in [4.69, 9.17) is 0 Å². The standard InChI is InChI=1S/3C8H11.Pr/c3*1-7(2)8-5-3-4-6-8;/h3*3,5,7H,4H2,1-2H3;/q3*-1;+3. The molecular weight excluding hydrogens is 429 g/mol. The van der Waals surface area contributed by atoms with Crippen molar-refractivity contribution in [2.75, 3.05) is 0 Å². The molecule has 0 aliphatic heterocycles. The van der Waals surface area contributed by atoms with E-state index in [1.807, 2.05) is 0 Å². The Kier molecular flexibility index (Phi) is 13.8. The quantitative estimate of drug-likeness (QED) is 0.397. The van der Waals surface area contributed by atoms with Crippen LogP contribution in [0.5, 0.6) is 0 Å². The molecule has 0 fully saturated rings. The Bertz CT molecular complexity index is 468. The summed E-state index contributed by atoms with van der Waals surface area (Å²) in [5.74, 6) is 1.98. The fraction of sp³-hybridized carbons (Fsp3) is 0.500. The zero-order chi connectivity index (χ0) is 17.9. The first kappa shape index (κ1) is 24.8. The maximum atomic E-state index is 3.26. The maximum absolute atomic E-state index is 3.26. The van der Waals surface area contributed by atoms with Crippen LogP contribution in [-0.4, -0.2) is 0 Å². The Morgan fingerprint density at radius 3 is 0.880 bits per heavy atom. The summed E-state index contributed by atoms with van der Waals surface area (Å²) in [6.45, 7) is 13.2. The minimum atomic E-state index is 0. The van der Waals surface area contributed by atoms with Crippen LogP contribution in [0.1, 0.15) is 60.8 Å². The van der Waals surface area contributed by atoms with E-state index in [1.165, 1.54) is 16.7 Å². The third-order valence-corrected chi connectivity index (χ3v) is 4.03. The van der Waals surface area contributed by atoms with Crippen molar-refractivity contribution in [2.45, 2.75) is 60.8 Å². The van der Waals surface area contributed by atoms with Crippen LogP contribution in [0, 0.1) is 77.3 Å². The summed E-state index contributed by atoms with van der Waals surface area (Å²) in [4.78, 5) is 0. The van der Waals surface area contributed by atoms with Crippen LogP contribution in [-0.2, 0) is 0 Å². The third kappa shape index (κ3) is 10.5. The molecule has 3 aliphatic carbocycles. The molecule has 0 aromatic heterocycles. The Labute approximate surface area is 189 Å². The summed E-state index contributed by atoms with van der Waals surface area (Å²) in [5.41, 5.74) is 4.10. The van der Waals surface area contributed by atoms with Crippen LogP contribution in [0.4, 0.5) is 0 Å². The Balaban J connectivity index is 0.000000339. The van der Waals surface area contributed by atoms with Gasteiger partial charge in [-0.25, -0.2) is 34.9 Å². The zero-order valence-corrected chi connectivity index (χ0v) is 20.6. The van der Waals surface area contributed by atoms with Gasteiger partial charge in [0.1, 0.15) is 0 Å². The molecule has 0 nitrogen and oxygen atoms in total. The molecule has 0 unspecified atom stereocenters. The molecule has 0 aromatic rings. The summed E-state index contributed by atoms with van der Waals surface area (Å²) in [7, 11) is 0. The van der Waals surface area contributed by atoms with Crippen LogP contribution in [0.3, 0.4) is 0 Å². The van der Waals surface area contributed by atoms with Gasteiger partial charge < -0.3 is 0 Å². The fourth-order valence-electron chi connectivity index (χ4n) is 2.45. The van der Waals surface area contributed by atoms with Crippen LogP contribution in [0.15, 0.2) is 53.2 Å². The molecule has 0 saturated carbocycles. The van der Waals surface area contributed by atoms with Gasteiger partial charge in [0.2, 0.25) is 0 Å². The van der Waals surface area contributed by atoms with E-state index in [0.717, 1.165) is 19.3 Å². The number of hydrogen-bond donors (Lipinski definition) is 0. The van der Waals surface area contributed by atoms with Gasteiger partial charge in [-0.1, -0.05) is 59.3 Å². The number of allylic oxidation sites excluding steroid dienone is 12. The first-order valence-electron chi connectivity index (χ1n) is 9.23. The normalized spacial score (nSPS) is 16.9. The van der Waals surface area contributed by atoms with Gasteiger partial charge in [-0.15, -0.1) is 19.3 Å². The largest absolute Gasteiger partial charge is 3.00 e. The Morgan fingerprint density at radius 1 is 0.560 bits per heavy atom. The third-order valence-electron chi connectivity index (χ3n) is 4.03. The monoisotopic (exact) mass is 462 g/mol. The molecule has 0 spiro atoms. The molecule has 1 heteroatoms. The number of rotatable bonds is 3. The second-order valence-electron chi connectivity index (χ2n) is 7.18. The Morgan fingerprint density at radius 2 is 0.800 bits per heavy atom. The molecule has 25 heavy (non-hydrogen) atoms. The van der Waals surface area contributed by atoms with E-state index in [0.29, 0.717) is 17.8 Å². The summed E-state index contributed by atoms with van der Waals surface area (Å²) >= 11 is 0. The predicted molar refractivity (Wildman–Crippen MR) is 106 cm³/mol. The van der Waals surface area contributed by atoms with Gasteiger partial charge in [0, 0.05) is 0 Å². The number of hydrogen-bond acceptors (Lipinski definition) is 0. The molecule has 0 aromatic carbocycles. The van der Waals surface area contributed by atoms with Gasteiger partial charge in [-0.3, -0.25) is 18.2 Å². The molecular formula is C24H33Pr. The predicted octanol–water partition coefficient (Wildman–Crippen LogP) is 7.00. The second-order valence-corrected chi connectivity index (χ2v) is 7.18. The molecule has 0 atom stereocenters. The van der Waals surface area contributed by atoms with E-state index in [9.17, 15) is 0 Å². The van der Waals surface area contributed by atoms with Crippen molar-refractivity contribution in [1.29, 1.82) is 0 Å². The smallest absolute Gasteiger partial charge is 0.269 e. The van der Waals surface area contributed by atoms with Crippen molar-refractivity contribution in [3.8, 4) is 0 Å². The van der Waals surface area contributed by atoms with Crippen molar-refractivity contribution in [1.82, 2.24) is 0 Å². The second kappa shape index (κ2) is 13.9. The van der Waals surface area contributed by atoms with Gasteiger partial charge in [-0.05, 0) is 0 Å². The maximum Gasteiger partial charge on any atom is 3.00 e. The summed E-state index contributed by atoms with van der Waals surface area (Å²) in [6.07, 6.45) is 25.8. The van der Waals surface area contributed by atoms with E-state index < -0.39 is 0 Å². The van der Waals surface area contributed by atoms with Gasteiger partial charge in [0.25, 0.3) is 0 Å². The SMILES string of the molecule is CC(C)C1=[C-]CC=C1.CC(C)C1=[C-]CC=C1.CC(C)C1=[C-]CC=C1.[Pr+3]. The van der Waals surface area contributed by atoms with Crippen molar-refractivity contribution in [3.63, 3.8) is 0 Å². The van der Waals surface area contributed by atoms with Crippen LogP contribution < -0.4 is 0 Å². The van der Waals surface area contributed by atoms with Crippen LogP contribution in [0.2, 0.25) is 0 Å². The zero-order valence-electron chi connectivity index (χ0n) is 16.9. The molecule has 0 amide bonds. The Hall–Kier alpha value is -0.196. The van der Waals surface area contributed by atoms with Crippen molar-refractivity contribution >= 4 is 0 Å². The topological polar surface area (TPSA) is 0 Å². The van der Waals surface area contributed by atoms with Crippen molar-refractivity contribution in [3.05, 3.63) is 71.4 Å². The minimum Gasteiger partial charge on any atom is -0.269 e. The van der Waals surface area contributed by atoms with E-state index in [1.54, 1.807) is 0 Å². The average molecular weight is 462 g/mol. The van der Waals surface area contributed by atoms with Crippen molar-refractivity contribution < 1.29 is 41.3 Å². The molecule has 0 radical (unpaired) electrons. The van der Waals surface area contributed by atoms with E-state index >= 15 is 0 Å². The van der Waals surface area contributed by atoms with Gasteiger partial charge in [0.15, 0.2) is 0 Å². The fourth-order valence-corrected chi connectivity index (χ4v) is 2.45. The molecule has 132 valence electrons. The minimum absolute atomic E-state index is 0. The van der Waals surface area contributed by atoms with Crippen LogP contribution >= 0.6 is 0 Å². The average Bonchev–Trinajstić information content (AvgIpc) is 3.29. The summed E-state index contributed by atoms with van der Waals surface area (Å²) < 4.78 is 0. The van der Waals surface area contributed by atoms with Crippen LogP contribution in [0.25, 0.3) is 0 Å². The van der Waals surface area contributed by atoms with Gasteiger partial charge in [0.05, 0.1) is 0 Å².